The van der Waals surface area contributed by atoms with E-state index in [9.17, 15) is 9.59 Å². The summed E-state index contributed by atoms with van der Waals surface area (Å²) in [5.41, 5.74) is 2.32. The van der Waals surface area contributed by atoms with Crippen LogP contribution >= 0.6 is 0 Å². The number of carbonyl (C=O) groups excluding carboxylic acids is 2. The number of carbonyl (C=O) groups is 2. The van der Waals surface area contributed by atoms with Gasteiger partial charge < -0.3 is 15.5 Å². The molecule has 2 amide bonds. The van der Waals surface area contributed by atoms with E-state index < -0.39 is 6.04 Å². The van der Waals surface area contributed by atoms with Gasteiger partial charge in [0.05, 0.1) is 0 Å². The number of amides is 2. The van der Waals surface area contributed by atoms with Crippen molar-refractivity contribution >= 4 is 11.8 Å². The molecule has 2 rings (SSSR count). The van der Waals surface area contributed by atoms with Crippen LogP contribution in [0.3, 0.4) is 0 Å². The summed E-state index contributed by atoms with van der Waals surface area (Å²) in [4.78, 5) is 27.5. The number of hydrogen-bond donors (Lipinski definition) is 2. The second-order valence-corrected chi connectivity index (χ2v) is 8.29. The van der Waals surface area contributed by atoms with Crippen LogP contribution in [0.4, 0.5) is 0 Å². The zero-order chi connectivity index (χ0) is 19.8. The number of nitrogens with one attached hydrogen (secondary N) is 2. The monoisotopic (exact) mass is 373 g/mol. The maximum absolute atomic E-state index is 12.8. The van der Waals surface area contributed by atoms with Crippen LogP contribution in [0.25, 0.3) is 0 Å². The van der Waals surface area contributed by atoms with Crippen molar-refractivity contribution < 1.29 is 9.59 Å². The molecule has 0 radical (unpaired) electrons. The lowest BCUT2D eigenvalue weighted by molar-refractivity contribution is -0.132. The van der Waals surface area contributed by atoms with Gasteiger partial charge in [0.15, 0.2) is 0 Å². The summed E-state index contributed by atoms with van der Waals surface area (Å²) in [7, 11) is 4.07. The minimum atomic E-state index is -0.486. The molecule has 0 spiro atoms. The van der Waals surface area contributed by atoms with Crippen molar-refractivity contribution in [3.05, 3.63) is 35.4 Å². The first-order chi connectivity index (χ1) is 12.9. The van der Waals surface area contributed by atoms with Gasteiger partial charge in [0.1, 0.15) is 6.04 Å². The Morgan fingerprint density at radius 1 is 1.07 bits per heavy atom. The highest BCUT2D eigenvalue weighted by atomic mass is 16.2. The highest BCUT2D eigenvalue weighted by Crippen LogP contribution is 2.24. The van der Waals surface area contributed by atoms with E-state index in [1.807, 2.05) is 46.1 Å². The molecule has 0 aromatic heterocycles. The third kappa shape index (κ3) is 6.65. The average molecular weight is 374 g/mol. The molecule has 0 aliphatic heterocycles. The summed E-state index contributed by atoms with van der Waals surface area (Å²) in [6.45, 7) is 5.26. The number of rotatable bonds is 8. The number of hydrogen-bond acceptors (Lipinski definition) is 3. The fourth-order valence-electron chi connectivity index (χ4n) is 3.69. The minimum Gasteiger partial charge on any atom is -0.350 e. The van der Waals surface area contributed by atoms with E-state index in [4.69, 9.17) is 0 Å². The Balaban J connectivity index is 1.96. The average Bonchev–Trinajstić information content (AvgIpc) is 2.65. The van der Waals surface area contributed by atoms with E-state index in [1.54, 1.807) is 0 Å². The molecule has 1 saturated carbocycles. The molecule has 5 heteroatoms. The van der Waals surface area contributed by atoms with Crippen LogP contribution in [0.2, 0.25) is 0 Å². The highest BCUT2D eigenvalue weighted by molar-refractivity contribution is 5.88. The standard InChI is InChI=1S/C22H35N3O2/c1-16(2)20(24-21(26)17-10-6-5-7-11-17)22(27)23-14-18-12-8-9-13-19(18)15-25(3)4/h8-9,12-13,16-17,20H,5-7,10-11,14-15H2,1-4H3,(H,23,27)(H,24,26)/t20-/m0/s1. The molecule has 1 atom stereocenters. The van der Waals surface area contributed by atoms with Crippen molar-refractivity contribution in [2.45, 2.75) is 65.1 Å². The van der Waals surface area contributed by atoms with Gasteiger partial charge in [-0.25, -0.2) is 0 Å². The zero-order valence-electron chi connectivity index (χ0n) is 17.3. The maximum atomic E-state index is 12.8. The lowest BCUT2D eigenvalue weighted by atomic mass is 9.88. The van der Waals surface area contributed by atoms with Crippen LogP contribution in [-0.4, -0.2) is 36.9 Å². The quantitative estimate of drug-likeness (QED) is 0.736. The molecule has 0 saturated heterocycles. The molecular weight excluding hydrogens is 338 g/mol. The van der Waals surface area contributed by atoms with Crippen LogP contribution in [0.1, 0.15) is 57.1 Å². The van der Waals surface area contributed by atoms with Crippen molar-refractivity contribution in [2.75, 3.05) is 14.1 Å². The molecule has 27 heavy (non-hydrogen) atoms. The second kappa shape index (κ2) is 10.5. The molecule has 5 nitrogen and oxygen atoms in total. The van der Waals surface area contributed by atoms with Gasteiger partial charge in [-0.3, -0.25) is 9.59 Å². The Hall–Kier alpha value is -1.88. The van der Waals surface area contributed by atoms with Gasteiger partial charge in [-0.05, 0) is 44.0 Å². The summed E-state index contributed by atoms with van der Waals surface area (Å²) < 4.78 is 0. The molecule has 150 valence electrons. The zero-order valence-corrected chi connectivity index (χ0v) is 17.3. The maximum Gasteiger partial charge on any atom is 0.243 e. The third-order valence-electron chi connectivity index (χ3n) is 5.28. The van der Waals surface area contributed by atoms with E-state index in [0.29, 0.717) is 6.54 Å². The Bertz CT molecular complexity index is 622. The molecule has 2 N–H and O–H groups in total. The molecule has 1 aromatic carbocycles. The first-order valence-electron chi connectivity index (χ1n) is 10.2. The lowest BCUT2D eigenvalue weighted by Crippen LogP contribution is -2.51. The van der Waals surface area contributed by atoms with Gasteiger partial charge in [-0.2, -0.15) is 0 Å². The van der Waals surface area contributed by atoms with Crippen molar-refractivity contribution in [2.24, 2.45) is 11.8 Å². The Kier molecular flexibility index (Phi) is 8.29. The van der Waals surface area contributed by atoms with E-state index in [1.165, 1.54) is 12.0 Å². The van der Waals surface area contributed by atoms with Crippen LogP contribution in [0.15, 0.2) is 24.3 Å². The Morgan fingerprint density at radius 3 is 2.30 bits per heavy atom. The first kappa shape index (κ1) is 21.4. The summed E-state index contributed by atoms with van der Waals surface area (Å²) >= 11 is 0. The first-order valence-corrected chi connectivity index (χ1v) is 10.2. The predicted molar refractivity (Wildman–Crippen MR) is 109 cm³/mol. The fraction of sp³-hybridized carbons (Fsp3) is 0.636. The van der Waals surface area contributed by atoms with Gasteiger partial charge in [0.25, 0.3) is 0 Å². The highest BCUT2D eigenvalue weighted by Gasteiger charge is 2.28. The van der Waals surface area contributed by atoms with Gasteiger partial charge in [0, 0.05) is 19.0 Å². The molecular formula is C22H35N3O2. The fourth-order valence-corrected chi connectivity index (χ4v) is 3.69. The molecule has 1 aromatic rings. The molecule has 0 bridgehead atoms. The SMILES string of the molecule is CC(C)[C@H](NC(=O)C1CCCCC1)C(=O)NCc1ccccc1CN(C)C. The summed E-state index contributed by atoms with van der Waals surface area (Å²) in [5, 5.41) is 6.04. The smallest absolute Gasteiger partial charge is 0.243 e. The molecule has 1 fully saturated rings. The number of nitrogens with zero attached hydrogens (tertiary/aromatic N) is 1. The van der Waals surface area contributed by atoms with Crippen molar-refractivity contribution in [3.63, 3.8) is 0 Å². The van der Waals surface area contributed by atoms with Crippen LogP contribution in [0.5, 0.6) is 0 Å². The summed E-state index contributed by atoms with van der Waals surface area (Å²) in [6.07, 6.45) is 5.31. The van der Waals surface area contributed by atoms with Gasteiger partial charge >= 0.3 is 0 Å². The lowest BCUT2D eigenvalue weighted by Gasteiger charge is -2.26. The molecule has 0 heterocycles. The van der Waals surface area contributed by atoms with Crippen molar-refractivity contribution in [3.8, 4) is 0 Å². The summed E-state index contributed by atoms with van der Waals surface area (Å²) in [6, 6.07) is 7.66. The normalized spacial score (nSPS) is 16.4. The predicted octanol–water partition coefficient (Wildman–Crippen LogP) is 3.09. The topological polar surface area (TPSA) is 61.4 Å². The Labute approximate surface area is 163 Å². The van der Waals surface area contributed by atoms with E-state index in [2.05, 4.69) is 21.6 Å². The van der Waals surface area contributed by atoms with Crippen molar-refractivity contribution in [1.29, 1.82) is 0 Å². The molecule has 1 aliphatic rings. The molecule has 1 aliphatic carbocycles. The van der Waals surface area contributed by atoms with Crippen LogP contribution in [-0.2, 0) is 22.7 Å². The van der Waals surface area contributed by atoms with E-state index in [0.717, 1.165) is 37.8 Å². The van der Waals surface area contributed by atoms with E-state index >= 15 is 0 Å². The van der Waals surface area contributed by atoms with Crippen LogP contribution in [0, 0.1) is 11.8 Å². The van der Waals surface area contributed by atoms with Crippen molar-refractivity contribution in [1.82, 2.24) is 15.5 Å². The molecule has 0 unspecified atom stereocenters. The van der Waals surface area contributed by atoms with E-state index in [-0.39, 0.29) is 23.7 Å². The number of benzene rings is 1. The van der Waals surface area contributed by atoms with Gasteiger partial charge in [0.2, 0.25) is 11.8 Å². The second-order valence-electron chi connectivity index (χ2n) is 8.29. The van der Waals surface area contributed by atoms with Gasteiger partial charge in [-0.1, -0.05) is 57.4 Å². The summed E-state index contributed by atoms with van der Waals surface area (Å²) in [5.74, 6) is 0.0496. The third-order valence-corrected chi connectivity index (χ3v) is 5.28. The largest absolute Gasteiger partial charge is 0.350 e. The Morgan fingerprint density at radius 2 is 1.70 bits per heavy atom. The minimum absolute atomic E-state index is 0.0385. The van der Waals surface area contributed by atoms with Crippen LogP contribution < -0.4 is 10.6 Å². The van der Waals surface area contributed by atoms with Gasteiger partial charge in [-0.15, -0.1) is 0 Å².